The molecule has 1 unspecified atom stereocenters. The van der Waals surface area contributed by atoms with E-state index in [1.54, 1.807) is 48.5 Å². The van der Waals surface area contributed by atoms with Gasteiger partial charge >= 0.3 is 6.18 Å². The van der Waals surface area contributed by atoms with Gasteiger partial charge in [0, 0.05) is 17.1 Å². The maximum absolute atomic E-state index is 13.5. The summed E-state index contributed by atoms with van der Waals surface area (Å²) >= 11 is 3.34. The van der Waals surface area contributed by atoms with Gasteiger partial charge in [-0.3, -0.25) is 14.5 Å². The lowest BCUT2D eigenvalue weighted by Gasteiger charge is -2.22. The molecular weight excluding hydrogens is 573 g/mol. The minimum Gasteiger partial charge on any atom is -0.274 e. The van der Waals surface area contributed by atoms with Crippen molar-refractivity contribution >= 4 is 37.8 Å². The van der Waals surface area contributed by atoms with E-state index >= 15 is 0 Å². The molecule has 0 bridgehead atoms. The Kier molecular flexibility index (Phi) is 7.86. The summed E-state index contributed by atoms with van der Waals surface area (Å²) in [6.07, 6.45) is -3.83. The molecular formula is C26H22BrF3N2O4S. The lowest BCUT2D eigenvalue weighted by Crippen LogP contribution is -2.32. The summed E-state index contributed by atoms with van der Waals surface area (Å²) in [7, 11) is -4.54. The van der Waals surface area contributed by atoms with E-state index in [4.69, 9.17) is 0 Å². The highest BCUT2D eigenvalue weighted by Crippen LogP contribution is 2.35. The molecule has 194 valence electrons. The zero-order chi connectivity index (χ0) is 26.8. The summed E-state index contributed by atoms with van der Waals surface area (Å²) in [6.45, 7) is 0.140. The van der Waals surface area contributed by atoms with Crippen LogP contribution in [0.2, 0.25) is 0 Å². The topological polar surface area (TPSA) is 83.6 Å². The summed E-state index contributed by atoms with van der Waals surface area (Å²) in [6, 6.07) is 16.5. The number of imide groups is 1. The van der Waals surface area contributed by atoms with Gasteiger partial charge in [0.25, 0.3) is 11.8 Å². The molecule has 1 aliphatic rings. The Morgan fingerprint density at radius 1 is 0.865 bits per heavy atom. The third kappa shape index (κ3) is 5.94. The molecule has 2 amide bonds. The molecule has 3 aromatic rings. The van der Waals surface area contributed by atoms with Gasteiger partial charge < -0.3 is 0 Å². The minimum atomic E-state index is -4.84. The highest BCUT2D eigenvalue weighted by atomic mass is 79.9. The average molecular weight is 595 g/mol. The van der Waals surface area contributed by atoms with E-state index in [-0.39, 0.29) is 24.8 Å². The second-order valence-corrected chi connectivity index (χ2v) is 11.1. The van der Waals surface area contributed by atoms with Gasteiger partial charge in [0.1, 0.15) is 0 Å². The number of amides is 2. The van der Waals surface area contributed by atoms with Crippen molar-refractivity contribution in [3.05, 3.63) is 99.5 Å². The van der Waals surface area contributed by atoms with Gasteiger partial charge in [-0.25, -0.2) is 13.1 Å². The van der Waals surface area contributed by atoms with Crippen molar-refractivity contribution in [2.75, 3.05) is 6.54 Å². The van der Waals surface area contributed by atoms with Gasteiger partial charge in [-0.15, -0.1) is 0 Å². The van der Waals surface area contributed by atoms with Crippen LogP contribution in [-0.2, 0) is 16.2 Å². The number of fused-ring (bicyclic) bond motifs is 1. The van der Waals surface area contributed by atoms with Crippen LogP contribution >= 0.6 is 15.9 Å². The Hall–Kier alpha value is -3.02. The highest BCUT2D eigenvalue weighted by Gasteiger charge is 2.38. The molecule has 1 aliphatic heterocycles. The molecule has 1 heterocycles. The average Bonchev–Trinajstić information content (AvgIpc) is 3.10. The molecule has 0 fully saturated rings. The SMILES string of the molecule is O=C1c2ccccc2C(=O)N1CCCCC(NS(=O)(=O)c1ccccc1C(F)(F)F)c1cccc(Br)c1. The van der Waals surface area contributed by atoms with E-state index < -0.39 is 32.7 Å². The molecule has 6 nitrogen and oxygen atoms in total. The van der Waals surface area contributed by atoms with Gasteiger partial charge in [0.15, 0.2) is 0 Å². The molecule has 0 saturated carbocycles. The number of rotatable bonds is 9. The summed E-state index contributed by atoms with van der Waals surface area (Å²) in [5, 5.41) is 0. The largest absolute Gasteiger partial charge is 0.417 e. The Morgan fingerprint density at radius 3 is 2.11 bits per heavy atom. The number of nitrogens with zero attached hydrogens (tertiary/aromatic N) is 1. The van der Waals surface area contributed by atoms with Crippen LogP contribution in [0.15, 0.2) is 82.2 Å². The zero-order valence-corrected chi connectivity index (χ0v) is 21.7. The maximum atomic E-state index is 13.5. The normalized spacial score (nSPS) is 14.6. The van der Waals surface area contributed by atoms with E-state index in [0.29, 0.717) is 34.0 Å². The van der Waals surface area contributed by atoms with Crippen LogP contribution in [0.25, 0.3) is 0 Å². The van der Waals surface area contributed by atoms with Gasteiger partial charge in [-0.05, 0) is 61.2 Å². The van der Waals surface area contributed by atoms with Crippen molar-refractivity contribution in [2.45, 2.75) is 36.4 Å². The van der Waals surface area contributed by atoms with Crippen LogP contribution in [0.4, 0.5) is 13.2 Å². The fourth-order valence-electron chi connectivity index (χ4n) is 4.26. The quantitative estimate of drug-likeness (QED) is 0.245. The smallest absolute Gasteiger partial charge is 0.274 e. The van der Waals surface area contributed by atoms with Crippen LogP contribution in [-0.4, -0.2) is 31.7 Å². The second-order valence-electron chi connectivity index (χ2n) is 8.53. The number of sulfonamides is 1. The van der Waals surface area contributed by atoms with Crippen molar-refractivity contribution in [3.8, 4) is 0 Å². The lowest BCUT2D eigenvalue weighted by molar-refractivity contribution is -0.139. The number of carbonyl (C=O) groups is 2. The number of nitrogens with one attached hydrogen (secondary N) is 1. The number of hydrogen-bond acceptors (Lipinski definition) is 4. The standard InChI is InChI=1S/C26H22BrF3N2O4S/c27-18-9-7-8-17(16-18)22(31-37(35,36)23-14-4-3-12-21(23)26(28,29)30)13-5-6-15-32-24(33)19-10-1-2-11-20(19)25(32)34/h1-4,7-12,14,16,22,31H,5-6,13,15H2. The number of unbranched alkanes of at least 4 members (excludes halogenated alkanes) is 1. The number of carbonyl (C=O) groups excluding carboxylic acids is 2. The van der Waals surface area contributed by atoms with E-state index in [1.807, 2.05) is 0 Å². The first-order valence-electron chi connectivity index (χ1n) is 11.4. The molecule has 37 heavy (non-hydrogen) atoms. The summed E-state index contributed by atoms with van der Waals surface area (Å²) in [4.78, 5) is 25.4. The first kappa shape index (κ1) is 27.0. The van der Waals surface area contributed by atoms with Gasteiger partial charge in [-0.1, -0.05) is 52.3 Å². The van der Waals surface area contributed by atoms with Gasteiger partial charge in [0.2, 0.25) is 10.0 Å². The van der Waals surface area contributed by atoms with Crippen LogP contribution in [0.1, 0.15) is 57.1 Å². The van der Waals surface area contributed by atoms with Crippen LogP contribution < -0.4 is 4.72 Å². The molecule has 0 saturated heterocycles. The van der Waals surface area contributed by atoms with Crippen molar-refractivity contribution in [2.24, 2.45) is 0 Å². The maximum Gasteiger partial charge on any atom is 0.417 e. The van der Waals surface area contributed by atoms with Crippen molar-refractivity contribution in [3.63, 3.8) is 0 Å². The molecule has 0 spiro atoms. The van der Waals surface area contributed by atoms with Gasteiger partial charge in [0.05, 0.1) is 21.6 Å². The molecule has 1 N–H and O–H groups in total. The van der Waals surface area contributed by atoms with E-state index in [9.17, 15) is 31.2 Å². The summed E-state index contributed by atoms with van der Waals surface area (Å²) in [5.74, 6) is -0.762. The Labute approximate surface area is 220 Å². The number of alkyl halides is 3. The zero-order valence-electron chi connectivity index (χ0n) is 19.3. The molecule has 4 rings (SSSR count). The van der Waals surface area contributed by atoms with E-state index in [2.05, 4.69) is 20.7 Å². The molecule has 0 aliphatic carbocycles. The van der Waals surface area contributed by atoms with Crippen molar-refractivity contribution in [1.29, 1.82) is 0 Å². The fourth-order valence-corrected chi connectivity index (χ4v) is 6.17. The molecule has 0 aromatic heterocycles. The predicted octanol–water partition coefficient (Wildman–Crippen LogP) is 5.95. The third-order valence-electron chi connectivity index (χ3n) is 6.03. The minimum absolute atomic E-state index is 0.140. The summed E-state index contributed by atoms with van der Waals surface area (Å²) in [5.41, 5.74) is -0.00417. The first-order chi connectivity index (χ1) is 17.5. The number of benzene rings is 3. The van der Waals surface area contributed by atoms with E-state index in [0.717, 1.165) is 23.1 Å². The number of hydrogen-bond donors (Lipinski definition) is 1. The van der Waals surface area contributed by atoms with Gasteiger partial charge in [-0.2, -0.15) is 13.2 Å². The van der Waals surface area contributed by atoms with Crippen molar-refractivity contribution in [1.82, 2.24) is 9.62 Å². The first-order valence-corrected chi connectivity index (χ1v) is 13.7. The van der Waals surface area contributed by atoms with Crippen LogP contribution in [0.5, 0.6) is 0 Å². The molecule has 3 aromatic carbocycles. The monoisotopic (exact) mass is 594 g/mol. The molecule has 11 heteroatoms. The molecule has 1 atom stereocenters. The summed E-state index contributed by atoms with van der Waals surface area (Å²) < 4.78 is 69.8. The lowest BCUT2D eigenvalue weighted by atomic mass is 10.0. The number of halogens is 4. The Balaban J connectivity index is 1.50. The fraction of sp³-hybridized carbons (Fsp3) is 0.231. The predicted molar refractivity (Wildman–Crippen MR) is 134 cm³/mol. The van der Waals surface area contributed by atoms with Crippen molar-refractivity contribution < 1.29 is 31.2 Å². The van der Waals surface area contributed by atoms with Crippen LogP contribution in [0, 0.1) is 0 Å². The Morgan fingerprint density at radius 2 is 1.49 bits per heavy atom. The van der Waals surface area contributed by atoms with E-state index in [1.165, 1.54) is 6.07 Å². The van der Waals surface area contributed by atoms with Crippen LogP contribution in [0.3, 0.4) is 0 Å². The third-order valence-corrected chi connectivity index (χ3v) is 8.06. The second kappa shape index (κ2) is 10.8. The highest BCUT2D eigenvalue weighted by molar-refractivity contribution is 9.10. The molecule has 0 radical (unpaired) electrons. The Bertz CT molecular complexity index is 1410.